The lowest BCUT2D eigenvalue weighted by molar-refractivity contribution is -0.113. The lowest BCUT2D eigenvalue weighted by Gasteiger charge is -2.27. The number of thioether (sulfide) groups is 1. The van der Waals surface area contributed by atoms with Crippen LogP contribution in [0, 0.1) is 13.8 Å². The van der Waals surface area contributed by atoms with Gasteiger partial charge in [0.05, 0.1) is 36.5 Å². The first-order valence-electron chi connectivity index (χ1n) is 8.21. The number of carbonyl (C=O) groups is 1. The Labute approximate surface area is 151 Å². The van der Waals surface area contributed by atoms with E-state index in [-0.39, 0.29) is 5.91 Å². The van der Waals surface area contributed by atoms with Crippen LogP contribution < -0.4 is 10.2 Å². The third kappa shape index (κ3) is 4.73. The summed E-state index contributed by atoms with van der Waals surface area (Å²) in [5.41, 5.74) is 2.66. The van der Waals surface area contributed by atoms with Crippen molar-refractivity contribution in [1.82, 2.24) is 10.1 Å². The normalized spacial score (nSPS) is 14.6. The molecule has 134 valence electrons. The molecule has 1 saturated heterocycles. The molecular formula is C17H22N4O3S. The molecule has 3 heterocycles. The summed E-state index contributed by atoms with van der Waals surface area (Å²) in [5, 5.41) is 6.80. The smallest absolute Gasteiger partial charge is 0.234 e. The van der Waals surface area contributed by atoms with Crippen LogP contribution in [0.5, 0.6) is 0 Å². The minimum absolute atomic E-state index is 0.0438. The van der Waals surface area contributed by atoms with Crippen LogP contribution >= 0.6 is 11.8 Å². The Morgan fingerprint density at radius 2 is 2.12 bits per heavy atom. The standard InChI is InChI=1S/C17H22N4O3S/c1-12-15(13(2)24-20-12)10-25-11-17(22)19-14-3-4-16(18-9-14)21-5-7-23-8-6-21/h3-4,9H,5-8,10-11H2,1-2H3,(H,19,22). The van der Waals surface area contributed by atoms with E-state index >= 15 is 0 Å². The fourth-order valence-corrected chi connectivity index (χ4v) is 3.57. The molecule has 0 bridgehead atoms. The quantitative estimate of drug-likeness (QED) is 0.845. The fourth-order valence-electron chi connectivity index (χ4n) is 2.59. The fraction of sp³-hybridized carbons (Fsp3) is 0.471. The van der Waals surface area contributed by atoms with Gasteiger partial charge in [-0.15, -0.1) is 11.8 Å². The maximum Gasteiger partial charge on any atom is 0.234 e. The predicted molar refractivity (Wildman–Crippen MR) is 98.0 cm³/mol. The molecule has 0 radical (unpaired) electrons. The first-order valence-corrected chi connectivity index (χ1v) is 9.37. The zero-order valence-corrected chi connectivity index (χ0v) is 15.3. The summed E-state index contributed by atoms with van der Waals surface area (Å²) in [5.74, 6) is 2.76. The van der Waals surface area contributed by atoms with Gasteiger partial charge in [0.15, 0.2) is 0 Å². The number of morpholine rings is 1. The van der Waals surface area contributed by atoms with Crippen molar-refractivity contribution in [3.05, 3.63) is 35.3 Å². The highest BCUT2D eigenvalue weighted by Crippen LogP contribution is 2.20. The van der Waals surface area contributed by atoms with Crippen molar-refractivity contribution < 1.29 is 14.1 Å². The van der Waals surface area contributed by atoms with Crippen molar-refractivity contribution >= 4 is 29.2 Å². The summed E-state index contributed by atoms with van der Waals surface area (Å²) in [6.45, 7) is 6.94. The van der Waals surface area contributed by atoms with Gasteiger partial charge in [0, 0.05) is 24.4 Å². The van der Waals surface area contributed by atoms with Crippen molar-refractivity contribution in [1.29, 1.82) is 0 Å². The van der Waals surface area contributed by atoms with Crippen LogP contribution in [0.25, 0.3) is 0 Å². The van der Waals surface area contributed by atoms with Crippen LogP contribution in [0.1, 0.15) is 17.0 Å². The van der Waals surface area contributed by atoms with E-state index in [1.807, 2.05) is 26.0 Å². The third-order valence-corrected chi connectivity index (χ3v) is 4.99. The molecule has 1 N–H and O–H groups in total. The maximum atomic E-state index is 12.1. The van der Waals surface area contributed by atoms with Gasteiger partial charge in [-0.05, 0) is 26.0 Å². The second kappa shape index (κ2) is 8.35. The molecule has 2 aromatic rings. The van der Waals surface area contributed by atoms with E-state index in [0.717, 1.165) is 49.1 Å². The Morgan fingerprint density at radius 3 is 2.76 bits per heavy atom. The van der Waals surface area contributed by atoms with Crippen LogP contribution in [0.2, 0.25) is 0 Å². The molecule has 0 spiro atoms. The zero-order chi connectivity index (χ0) is 17.6. The summed E-state index contributed by atoms with van der Waals surface area (Å²) >= 11 is 1.54. The topological polar surface area (TPSA) is 80.5 Å². The predicted octanol–water partition coefficient (Wildman–Crippen LogP) is 2.39. The number of amides is 1. The highest BCUT2D eigenvalue weighted by molar-refractivity contribution is 7.99. The van der Waals surface area contributed by atoms with Crippen LogP contribution in [-0.2, 0) is 15.3 Å². The molecular weight excluding hydrogens is 340 g/mol. The average molecular weight is 362 g/mol. The number of hydrogen-bond acceptors (Lipinski definition) is 7. The zero-order valence-electron chi connectivity index (χ0n) is 14.4. The van der Waals surface area contributed by atoms with Crippen molar-refractivity contribution in [3.63, 3.8) is 0 Å². The lowest BCUT2D eigenvalue weighted by atomic mass is 10.2. The summed E-state index contributed by atoms with van der Waals surface area (Å²) < 4.78 is 10.5. The molecule has 1 aliphatic heterocycles. The van der Waals surface area contributed by atoms with Crippen molar-refractivity contribution in [2.45, 2.75) is 19.6 Å². The van der Waals surface area contributed by atoms with E-state index in [4.69, 9.17) is 9.26 Å². The van der Waals surface area contributed by atoms with Gasteiger partial charge >= 0.3 is 0 Å². The number of hydrogen-bond donors (Lipinski definition) is 1. The Balaban J connectivity index is 1.46. The first kappa shape index (κ1) is 17.8. The summed E-state index contributed by atoms with van der Waals surface area (Å²) in [6.07, 6.45) is 1.70. The van der Waals surface area contributed by atoms with Crippen LogP contribution in [0.3, 0.4) is 0 Å². The number of pyridine rings is 1. The molecule has 0 atom stereocenters. The molecule has 0 saturated carbocycles. The second-order valence-corrected chi connectivity index (χ2v) is 6.83. The number of ether oxygens (including phenoxy) is 1. The third-order valence-electron chi connectivity index (χ3n) is 4.03. The minimum atomic E-state index is -0.0438. The number of aryl methyl sites for hydroxylation is 2. The number of carbonyl (C=O) groups excluding carboxylic acids is 1. The SMILES string of the molecule is Cc1noc(C)c1CSCC(=O)Nc1ccc(N2CCOCC2)nc1. The Morgan fingerprint density at radius 1 is 1.32 bits per heavy atom. The number of rotatable bonds is 6. The van der Waals surface area contributed by atoms with Gasteiger partial charge in [0.1, 0.15) is 11.6 Å². The minimum Gasteiger partial charge on any atom is -0.378 e. The molecule has 0 aliphatic carbocycles. The van der Waals surface area contributed by atoms with Crippen molar-refractivity contribution in [2.24, 2.45) is 0 Å². The Kier molecular flexibility index (Phi) is 5.93. The molecule has 25 heavy (non-hydrogen) atoms. The molecule has 3 rings (SSSR count). The molecule has 1 fully saturated rings. The maximum absolute atomic E-state index is 12.1. The van der Waals surface area contributed by atoms with Crippen LogP contribution in [0.15, 0.2) is 22.9 Å². The van der Waals surface area contributed by atoms with Crippen LogP contribution in [0.4, 0.5) is 11.5 Å². The molecule has 7 nitrogen and oxygen atoms in total. The van der Waals surface area contributed by atoms with Gasteiger partial charge in [-0.2, -0.15) is 0 Å². The average Bonchev–Trinajstić information content (AvgIpc) is 2.95. The molecule has 0 unspecified atom stereocenters. The van der Waals surface area contributed by atoms with E-state index in [9.17, 15) is 4.79 Å². The number of nitrogens with one attached hydrogen (secondary N) is 1. The number of nitrogens with zero attached hydrogens (tertiary/aromatic N) is 3. The van der Waals surface area contributed by atoms with E-state index < -0.39 is 0 Å². The van der Waals surface area contributed by atoms with Crippen molar-refractivity contribution in [3.8, 4) is 0 Å². The van der Waals surface area contributed by atoms with Gasteiger partial charge in [0.25, 0.3) is 0 Å². The van der Waals surface area contributed by atoms with E-state index in [1.165, 1.54) is 11.8 Å². The van der Waals surface area contributed by atoms with E-state index in [1.54, 1.807) is 6.20 Å². The van der Waals surface area contributed by atoms with Gasteiger partial charge in [-0.1, -0.05) is 5.16 Å². The summed E-state index contributed by atoms with van der Waals surface area (Å²) in [7, 11) is 0. The molecule has 2 aromatic heterocycles. The molecule has 0 aromatic carbocycles. The highest BCUT2D eigenvalue weighted by Gasteiger charge is 2.13. The summed E-state index contributed by atoms with van der Waals surface area (Å²) in [4.78, 5) is 18.7. The monoisotopic (exact) mass is 362 g/mol. The second-order valence-electron chi connectivity index (χ2n) is 5.85. The Bertz CT molecular complexity index is 692. The lowest BCUT2D eigenvalue weighted by Crippen LogP contribution is -2.36. The van der Waals surface area contributed by atoms with Crippen molar-refractivity contribution in [2.75, 3.05) is 42.3 Å². The molecule has 1 aliphatic rings. The molecule has 1 amide bonds. The van der Waals surface area contributed by atoms with Gasteiger partial charge in [-0.3, -0.25) is 4.79 Å². The largest absolute Gasteiger partial charge is 0.378 e. The van der Waals surface area contributed by atoms with Gasteiger partial charge < -0.3 is 19.5 Å². The number of anilines is 2. The van der Waals surface area contributed by atoms with Gasteiger partial charge in [-0.25, -0.2) is 4.98 Å². The highest BCUT2D eigenvalue weighted by atomic mass is 32.2. The number of aromatic nitrogens is 2. The molecule has 8 heteroatoms. The van der Waals surface area contributed by atoms with Gasteiger partial charge in [0.2, 0.25) is 5.91 Å². The van der Waals surface area contributed by atoms with Crippen LogP contribution in [-0.4, -0.2) is 48.1 Å². The Hall–Kier alpha value is -2.06. The first-order chi connectivity index (χ1) is 12.1. The summed E-state index contributed by atoms with van der Waals surface area (Å²) in [6, 6.07) is 3.81. The van der Waals surface area contributed by atoms with E-state index in [2.05, 4.69) is 20.4 Å². The van der Waals surface area contributed by atoms with E-state index in [0.29, 0.717) is 17.2 Å².